The molecule has 18 heavy (non-hydrogen) atoms. The van der Waals surface area contributed by atoms with E-state index in [1.807, 2.05) is 0 Å². The number of rotatable bonds is 0. The number of fused-ring (bicyclic) bond motifs is 2. The minimum absolute atomic E-state index is 0.0744. The van der Waals surface area contributed by atoms with E-state index in [-0.39, 0.29) is 11.1 Å². The van der Waals surface area contributed by atoms with Gasteiger partial charge in [0.15, 0.2) is 11.6 Å². The second kappa shape index (κ2) is 2.98. The molecule has 1 heterocycles. The van der Waals surface area contributed by atoms with Gasteiger partial charge in [0, 0.05) is 11.1 Å². The molecule has 1 aliphatic carbocycles. The SMILES string of the molecule is O=C1NC(=O)C2(C1=O)C(=O)c1cccc(c1)C2=O. The molecule has 0 atom stereocenters. The minimum atomic E-state index is -2.53. The normalized spacial score (nSPS) is 20.6. The van der Waals surface area contributed by atoms with E-state index in [1.54, 1.807) is 5.32 Å². The molecule has 1 aliphatic heterocycles. The maximum Gasteiger partial charge on any atom is 0.296 e. The van der Waals surface area contributed by atoms with Gasteiger partial charge in [-0.1, -0.05) is 18.2 Å². The van der Waals surface area contributed by atoms with Gasteiger partial charge in [0.25, 0.3) is 17.6 Å². The third kappa shape index (κ3) is 0.912. The second-order valence-electron chi connectivity index (χ2n) is 4.10. The van der Waals surface area contributed by atoms with E-state index in [0.717, 1.165) is 0 Å². The highest BCUT2D eigenvalue weighted by Crippen LogP contribution is 2.36. The lowest BCUT2D eigenvalue weighted by Crippen LogP contribution is -2.52. The van der Waals surface area contributed by atoms with Crippen molar-refractivity contribution in [1.29, 1.82) is 0 Å². The van der Waals surface area contributed by atoms with Crippen LogP contribution in [-0.2, 0) is 14.4 Å². The Kier molecular flexibility index (Phi) is 1.74. The Morgan fingerprint density at radius 3 is 1.83 bits per heavy atom. The molecule has 1 saturated heterocycles. The molecule has 2 bridgehead atoms. The third-order valence-corrected chi connectivity index (χ3v) is 3.18. The highest BCUT2D eigenvalue weighted by Gasteiger charge is 2.66. The van der Waals surface area contributed by atoms with Crippen molar-refractivity contribution in [1.82, 2.24) is 5.32 Å². The van der Waals surface area contributed by atoms with Gasteiger partial charge in [0.1, 0.15) is 0 Å². The lowest BCUT2D eigenvalue weighted by Gasteiger charge is -2.25. The average Bonchev–Trinajstić information content (AvgIpc) is 2.58. The summed E-state index contributed by atoms with van der Waals surface area (Å²) in [5.41, 5.74) is -2.38. The molecule has 3 rings (SSSR count). The largest absolute Gasteiger partial charge is 0.296 e. The topological polar surface area (TPSA) is 97.4 Å². The van der Waals surface area contributed by atoms with Crippen LogP contribution in [-0.4, -0.2) is 29.2 Å². The van der Waals surface area contributed by atoms with Crippen LogP contribution in [0.1, 0.15) is 20.7 Å². The van der Waals surface area contributed by atoms with E-state index in [2.05, 4.69) is 0 Å². The first-order valence-electron chi connectivity index (χ1n) is 5.09. The summed E-state index contributed by atoms with van der Waals surface area (Å²) >= 11 is 0. The quantitative estimate of drug-likeness (QED) is 0.368. The number of nitrogens with one attached hydrogen (secondary N) is 1. The van der Waals surface area contributed by atoms with Gasteiger partial charge in [0.05, 0.1) is 0 Å². The van der Waals surface area contributed by atoms with Crippen molar-refractivity contribution in [2.75, 3.05) is 0 Å². The molecule has 1 spiro atoms. The maximum absolute atomic E-state index is 12.1. The van der Waals surface area contributed by atoms with Crippen LogP contribution in [0.25, 0.3) is 0 Å². The molecule has 2 amide bonds. The predicted molar refractivity (Wildman–Crippen MR) is 55.7 cm³/mol. The van der Waals surface area contributed by atoms with Crippen molar-refractivity contribution >= 4 is 29.2 Å². The zero-order chi connectivity index (χ0) is 13.1. The molecule has 0 saturated carbocycles. The number of benzene rings is 1. The summed E-state index contributed by atoms with van der Waals surface area (Å²) < 4.78 is 0. The zero-order valence-corrected chi connectivity index (χ0v) is 8.85. The van der Waals surface area contributed by atoms with E-state index >= 15 is 0 Å². The fourth-order valence-electron chi connectivity index (χ4n) is 2.28. The highest BCUT2D eigenvalue weighted by molar-refractivity contribution is 6.64. The van der Waals surface area contributed by atoms with Crippen molar-refractivity contribution in [2.24, 2.45) is 5.41 Å². The number of Topliss-reactive ketones (excluding diaryl/α,β-unsaturated/α-hetero) is 3. The number of imide groups is 1. The van der Waals surface area contributed by atoms with Gasteiger partial charge in [-0.3, -0.25) is 29.3 Å². The molecule has 0 unspecified atom stereocenters. The fourth-order valence-corrected chi connectivity index (χ4v) is 2.28. The van der Waals surface area contributed by atoms with Crippen LogP contribution in [0.3, 0.4) is 0 Å². The summed E-state index contributed by atoms with van der Waals surface area (Å²) in [7, 11) is 0. The molecular formula is C12H5NO5. The number of hydrogen-bond acceptors (Lipinski definition) is 5. The lowest BCUT2D eigenvalue weighted by molar-refractivity contribution is -0.137. The molecule has 1 aromatic rings. The monoisotopic (exact) mass is 243 g/mol. The predicted octanol–water partition coefficient (Wildman–Crippen LogP) is -0.723. The number of carbonyl (C=O) groups is 5. The zero-order valence-electron chi connectivity index (χ0n) is 8.85. The molecule has 0 radical (unpaired) electrons. The molecule has 2 aliphatic rings. The Hall–Kier alpha value is -2.63. The number of hydrogen-bond donors (Lipinski definition) is 1. The molecular weight excluding hydrogens is 238 g/mol. The van der Waals surface area contributed by atoms with Gasteiger partial charge in [-0.2, -0.15) is 0 Å². The van der Waals surface area contributed by atoms with Gasteiger partial charge in [-0.05, 0) is 6.07 Å². The molecule has 88 valence electrons. The van der Waals surface area contributed by atoms with Crippen molar-refractivity contribution in [3.05, 3.63) is 35.4 Å². The first kappa shape index (κ1) is 10.5. The van der Waals surface area contributed by atoms with Crippen molar-refractivity contribution < 1.29 is 24.0 Å². The van der Waals surface area contributed by atoms with E-state index < -0.39 is 34.6 Å². The number of ketones is 3. The highest BCUT2D eigenvalue weighted by atomic mass is 16.2. The van der Waals surface area contributed by atoms with Crippen LogP contribution < -0.4 is 5.32 Å². The van der Waals surface area contributed by atoms with Crippen LogP contribution in [0, 0.1) is 5.41 Å². The Labute approximate surface area is 100.0 Å². The minimum Gasteiger partial charge on any atom is -0.292 e. The van der Waals surface area contributed by atoms with Crippen LogP contribution in [0.5, 0.6) is 0 Å². The average molecular weight is 243 g/mol. The summed E-state index contributed by atoms with van der Waals surface area (Å²) in [4.78, 5) is 59.0. The smallest absolute Gasteiger partial charge is 0.292 e. The van der Waals surface area contributed by atoms with E-state index in [4.69, 9.17) is 0 Å². The van der Waals surface area contributed by atoms with Crippen LogP contribution in [0.15, 0.2) is 24.3 Å². The summed E-state index contributed by atoms with van der Waals surface area (Å²) in [6.07, 6.45) is 0. The van der Waals surface area contributed by atoms with Gasteiger partial charge < -0.3 is 0 Å². The van der Waals surface area contributed by atoms with Crippen molar-refractivity contribution in [3.8, 4) is 0 Å². The first-order chi connectivity index (χ1) is 8.49. The lowest BCUT2D eigenvalue weighted by atomic mass is 9.69. The van der Waals surface area contributed by atoms with Crippen molar-refractivity contribution in [2.45, 2.75) is 0 Å². The molecule has 6 nitrogen and oxygen atoms in total. The Morgan fingerprint density at radius 1 is 0.833 bits per heavy atom. The van der Waals surface area contributed by atoms with Crippen LogP contribution in [0.2, 0.25) is 0 Å². The Morgan fingerprint density at radius 2 is 1.39 bits per heavy atom. The summed E-state index contributed by atoms with van der Waals surface area (Å²) in [6, 6.07) is 5.57. The molecule has 1 aromatic carbocycles. The van der Waals surface area contributed by atoms with Gasteiger partial charge in [-0.25, -0.2) is 0 Å². The molecule has 6 heteroatoms. The molecule has 0 aromatic heterocycles. The number of carbonyl (C=O) groups excluding carboxylic acids is 5. The van der Waals surface area contributed by atoms with Crippen molar-refractivity contribution in [3.63, 3.8) is 0 Å². The second-order valence-corrected chi connectivity index (χ2v) is 4.10. The summed E-state index contributed by atoms with van der Waals surface area (Å²) in [6.45, 7) is 0. The number of amides is 2. The van der Waals surface area contributed by atoms with Crippen LogP contribution in [0.4, 0.5) is 0 Å². The van der Waals surface area contributed by atoms with Gasteiger partial charge in [-0.15, -0.1) is 0 Å². The van der Waals surface area contributed by atoms with Gasteiger partial charge >= 0.3 is 0 Å². The maximum atomic E-state index is 12.1. The fraction of sp³-hybridized carbons (Fsp3) is 0.0833. The Balaban J connectivity index is 2.35. The van der Waals surface area contributed by atoms with E-state index in [0.29, 0.717) is 0 Å². The molecule has 1 N–H and O–H groups in total. The standard InChI is InChI=1S/C12H5NO5/c14-7-5-2-1-3-6(4-5)8(15)12(7)9(16)10(17)13-11(12)18/h1-4H,(H,13,17,18). The van der Waals surface area contributed by atoms with E-state index in [9.17, 15) is 24.0 Å². The first-order valence-corrected chi connectivity index (χ1v) is 5.09. The summed E-state index contributed by atoms with van der Waals surface area (Å²) in [5, 5.41) is 1.73. The van der Waals surface area contributed by atoms with E-state index in [1.165, 1.54) is 24.3 Å². The molecule has 1 fully saturated rings. The summed E-state index contributed by atoms with van der Waals surface area (Å²) in [5.74, 6) is -5.54. The van der Waals surface area contributed by atoms with Crippen LogP contribution >= 0.6 is 0 Å². The van der Waals surface area contributed by atoms with Gasteiger partial charge in [0.2, 0.25) is 5.41 Å². The third-order valence-electron chi connectivity index (χ3n) is 3.18. The Bertz CT molecular complexity index is 642.